The molecule has 19 heavy (non-hydrogen) atoms. The Hall–Kier alpha value is -0.930. The Balaban J connectivity index is 0.000000362. The van der Waals surface area contributed by atoms with Crippen LogP contribution in [-0.2, 0) is 15.9 Å². The second kappa shape index (κ2) is 7.61. The number of rotatable bonds is 3. The van der Waals surface area contributed by atoms with Gasteiger partial charge in [-0.15, -0.1) is 0 Å². The van der Waals surface area contributed by atoms with E-state index in [2.05, 4.69) is 6.92 Å². The summed E-state index contributed by atoms with van der Waals surface area (Å²) in [6, 6.07) is 7.37. The lowest BCUT2D eigenvalue weighted by atomic mass is 10.2. The van der Waals surface area contributed by atoms with Gasteiger partial charge in [0.05, 0.1) is 0 Å². The maximum absolute atomic E-state index is 10.7. The molecule has 0 aliphatic carbocycles. The average molecular weight is 318 g/mol. The highest BCUT2D eigenvalue weighted by Gasteiger charge is 2.44. The van der Waals surface area contributed by atoms with Gasteiger partial charge in [-0.3, -0.25) is 4.55 Å². The molecule has 0 aliphatic heterocycles. The van der Waals surface area contributed by atoms with E-state index in [-0.39, 0.29) is 0 Å². The summed E-state index contributed by atoms with van der Waals surface area (Å²) in [5.74, 6) is 2.52. The van der Waals surface area contributed by atoms with Crippen LogP contribution in [0.1, 0.15) is 12.5 Å². The SMILES string of the molecule is CCSCc1ccc(O)cc1.O=S(=O)(O)C(F)(F)F. The van der Waals surface area contributed by atoms with Crippen molar-refractivity contribution >= 4 is 21.9 Å². The van der Waals surface area contributed by atoms with Gasteiger partial charge in [-0.2, -0.15) is 33.4 Å². The van der Waals surface area contributed by atoms with Gasteiger partial charge in [-0.25, -0.2) is 0 Å². The number of phenolic OH excluding ortho intramolecular Hbond substituents is 1. The molecule has 1 aromatic rings. The molecule has 0 unspecified atom stereocenters. The zero-order valence-corrected chi connectivity index (χ0v) is 11.5. The first-order valence-electron chi connectivity index (χ1n) is 4.97. The van der Waals surface area contributed by atoms with Crippen LogP contribution in [-0.4, -0.2) is 29.3 Å². The van der Waals surface area contributed by atoms with E-state index < -0.39 is 15.6 Å². The van der Waals surface area contributed by atoms with E-state index >= 15 is 0 Å². The van der Waals surface area contributed by atoms with Crippen LogP contribution in [0.25, 0.3) is 0 Å². The Kier molecular flexibility index (Phi) is 7.24. The summed E-state index contributed by atoms with van der Waals surface area (Å²) < 4.78 is 57.5. The van der Waals surface area contributed by atoms with E-state index in [0.717, 1.165) is 11.5 Å². The van der Waals surface area contributed by atoms with E-state index in [9.17, 15) is 13.2 Å². The molecule has 4 nitrogen and oxygen atoms in total. The van der Waals surface area contributed by atoms with E-state index in [4.69, 9.17) is 18.1 Å². The molecule has 2 N–H and O–H groups in total. The molecule has 0 spiro atoms. The summed E-state index contributed by atoms with van der Waals surface area (Å²) in [5, 5.41) is 8.98. The quantitative estimate of drug-likeness (QED) is 0.662. The molecule has 0 fully saturated rings. The zero-order valence-electron chi connectivity index (χ0n) is 9.88. The molecule has 0 atom stereocenters. The van der Waals surface area contributed by atoms with E-state index in [1.807, 2.05) is 23.9 Å². The third kappa shape index (κ3) is 7.96. The Morgan fingerprint density at radius 3 is 1.95 bits per heavy atom. The number of benzene rings is 1. The largest absolute Gasteiger partial charge is 0.522 e. The lowest BCUT2D eigenvalue weighted by Crippen LogP contribution is -2.21. The molecule has 0 bridgehead atoms. The summed E-state index contributed by atoms with van der Waals surface area (Å²) in [6.45, 7) is 2.14. The van der Waals surface area contributed by atoms with Crippen molar-refractivity contribution in [1.82, 2.24) is 0 Å². The van der Waals surface area contributed by atoms with Gasteiger partial charge in [-0.05, 0) is 23.4 Å². The highest BCUT2D eigenvalue weighted by atomic mass is 32.2. The number of hydrogen-bond donors (Lipinski definition) is 2. The van der Waals surface area contributed by atoms with Gasteiger partial charge in [0.15, 0.2) is 0 Å². The third-order valence-electron chi connectivity index (χ3n) is 1.70. The summed E-state index contributed by atoms with van der Waals surface area (Å²) in [6.07, 6.45) is 0. The minimum atomic E-state index is -5.84. The van der Waals surface area contributed by atoms with Gasteiger partial charge in [0.2, 0.25) is 0 Å². The Morgan fingerprint density at radius 2 is 1.63 bits per heavy atom. The summed E-state index contributed by atoms with van der Waals surface area (Å²) in [7, 11) is -5.84. The van der Waals surface area contributed by atoms with Crippen molar-refractivity contribution in [1.29, 1.82) is 0 Å². The molecule has 1 rings (SSSR count). The van der Waals surface area contributed by atoms with Crippen LogP contribution < -0.4 is 0 Å². The molecule has 0 amide bonds. The molecule has 0 aliphatic rings. The molecule has 1 aromatic carbocycles. The molecular weight excluding hydrogens is 305 g/mol. The number of aromatic hydroxyl groups is 1. The second-order valence-electron chi connectivity index (χ2n) is 3.22. The van der Waals surface area contributed by atoms with Gasteiger partial charge >= 0.3 is 15.6 Å². The predicted molar refractivity (Wildman–Crippen MR) is 67.5 cm³/mol. The normalized spacial score (nSPS) is 11.6. The minimum Gasteiger partial charge on any atom is -0.508 e. The molecule has 0 aromatic heterocycles. The van der Waals surface area contributed by atoms with Crippen LogP contribution in [0.3, 0.4) is 0 Å². The van der Waals surface area contributed by atoms with Crippen LogP contribution >= 0.6 is 11.8 Å². The molecule has 0 saturated carbocycles. The number of alkyl halides is 3. The first kappa shape index (κ1) is 18.1. The zero-order chi connectivity index (χ0) is 15.1. The van der Waals surface area contributed by atoms with E-state index in [1.165, 1.54) is 5.56 Å². The predicted octanol–water partition coefficient (Wildman–Crippen LogP) is 3.04. The topological polar surface area (TPSA) is 74.6 Å². The first-order chi connectivity index (χ1) is 8.58. The van der Waals surface area contributed by atoms with Crippen molar-refractivity contribution < 1.29 is 31.2 Å². The fraction of sp³-hybridized carbons (Fsp3) is 0.400. The third-order valence-corrected chi connectivity index (χ3v) is 3.23. The Morgan fingerprint density at radius 1 is 1.21 bits per heavy atom. The average Bonchev–Trinajstić information content (AvgIpc) is 2.26. The van der Waals surface area contributed by atoms with Crippen molar-refractivity contribution in [3.05, 3.63) is 29.8 Å². The summed E-state index contributed by atoms with van der Waals surface area (Å²) >= 11 is 1.89. The van der Waals surface area contributed by atoms with Crippen molar-refractivity contribution in [2.75, 3.05) is 5.75 Å². The van der Waals surface area contributed by atoms with E-state index in [1.54, 1.807) is 12.1 Å². The second-order valence-corrected chi connectivity index (χ2v) is 5.91. The first-order valence-corrected chi connectivity index (χ1v) is 7.56. The molecular formula is C10H13F3O4S2. The Bertz CT molecular complexity index is 469. The van der Waals surface area contributed by atoms with Gasteiger partial charge in [0, 0.05) is 5.75 Å². The van der Waals surface area contributed by atoms with Crippen molar-refractivity contribution in [2.24, 2.45) is 0 Å². The summed E-state index contributed by atoms with van der Waals surface area (Å²) in [5.41, 5.74) is -4.26. The van der Waals surface area contributed by atoms with Gasteiger partial charge in [0.25, 0.3) is 0 Å². The lowest BCUT2D eigenvalue weighted by Gasteiger charge is -1.98. The molecule has 0 radical (unpaired) electrons. The number of halogens is 3. The smallest absolute Gasteiger partial charge is 0.508 e. The van der Waals surface area contributed by atoms with Crippen molar-refractivity contribution in [3.63, 3.8) is 0 Å². The standard InChI is InChI=1S/C9H12OS.CHF3O3S/c1-2-11-7-8-3-5-9(10)6-4-8;2-1(3,4)8(5,6)7/h3-6,10H,2,7H2,1H3;(H,5,6,7). The number of thioether (sulfide) groups is 1. The maximum Gasteiger partial charge on any atom is 0.522 e. The van der Waals surface area contributed by atoms with Crippen LogP contribution in [0.15, 0.2) is 24.3 Å². The van der Waals surface area contributed by atoms with Crippen molar-refractivity contribution in [3.8, 4) is 5.75 Å². The Labute approximate surface area is 113 Å². The minimum absolute atomic E-state index is 0.343. The lowest BCUT2D eigenvalue weighted by molar-refractivity contribution is -0.0510. The fourth-order valence-electron chi connectivity index (χ4n) is 0.812. The van der Waals surface area contributed by atoms with Gasteiger partial charge in [0.1, 0.15) is 5.75 Å². The number of hydrogen-bond acceptors (Lipinski definition) is 4. The molecule has 110 valence electrons. The van der Waals surface area contributed by atoms with Crippen LogP contribution in [0.4, 0.5) is 13.2 Å². The van der Waals surface area contributed by atoms with Crippen LogP contribution in [0, 0.1) is 0 Å². The van der Waals surface area contributed by atoms with Gasteiger partial charge in [-0.1, -0.05) is 19.1 Å². The number of phenols is 1. The molecule has 0 heterocycles. The monoisotopic (exact) mass is 318 g/mol. The van der Waals surface area contributed by atoms with Crippen LogP contribution in [0.2, 0.25) is 0 Å². The summed E-state index contributed by atoms with van der Waals surface area (Å²) in [4.78, 5) is 0. The van der Waals surface area contributed by atoms with Crippen molar-refractivity contribution in [2.45, 2.75) is 18.2 Å². The maximum atomic E-state index is 10.7. The van der Waals surface area contributed by atoms with E-state index in [0.29, 0.717) is 5.75 Å². The molecule has 0 saturated heterocycles. The van der Waals surface area contributed by atoms with Gasteiger partial charge < -0.3 is 5.11 Å². The highest BCUT2D eigenvalue weighted by molar-refractivity contribution is 7.98. The highest BCUT2D eigenvalue weighted by Crippen LogP contribution is 2.20. The molecule has 9 heteroatoms. The van der Waals surface area contributed by atoms with Crippen LogP contribution in [0.5, 0.6) is 5.75 Å². The fourth-order valence-corrected chi connectivity index (χ4v) is 1.44.